The lowest BCUT2D eigenvalue weighted by molar-refractivity contribution is -0.146. The lowest BCUT2D eigenvalue weighted by Crippen LogP contribution is -2.59. The molecular weight excluding hydrogens is 380 g/mol. The van der Waals surface area contributed by atoms with E-state index in [9.17, 15) is 14.4 Å². The number of fused-ring (bicyclic) bond motifs is 2. The predicted octanol–water partition coefficient (Wildman–Crippen LogP) is 4.26. The summed E-state index contributed by atoms with van der Waals surface area (Å²) in [5.74, 6) is -0.0226. The second-order valence-electron chi connectivity index (χ2n) is 8.85. The number of nitrogens with one attached hydrogen (secondary N) is 1. The summed E-state index contributed by atoms with van der Waals surface area (Å²) in [6.45, 7) is 6.00. The first-order valence-corrected chi connectivity index (χ1v) is 10.1. The molecule has 3 amide bonds. The van der Waals surface area contributed by atoms with Gasteiger partial charge >= 0.3 is 0 Å². The number of anilines is 2. The zero-order valence-corrected chi connectivity index (χ0v) is 17.7. The first-order chi connectivity index (χ1) is 14.2. The number of carbonyl (C=O) groups excluding carboxylic acids is 3. The number of hydrogen-bond donors (Lipinski definition) is 1. The van der Waals surface area contributed by atoms with Crippen molar-refractivity contribution in [1.29, 1.82) is 0 Å². The Balaban J connectivity index is 1.54. The van der Waals surface area contributed by atoms with Crippen molar-refractivity contribution < 1.29 is 19.1 Å². The Kier molecular flexibility index (Phi) is 4.68. The molecule has 156 valence electrons. The van der Waals surface area contributed by atoms with Crippen LogP contribution in [0.4, 0.5) is 11.4 Å². The number of methoxy groups -OCH3 is 1. The van der Waals surface area contributed by atoms with E-state index in [0.717, 1.165) is 6.42 Å². The van der Waals surface area contributed by atoms with Crippen LogP contribution in [0.5, 0.6) is 5.75 Å². The third-order valence-corrected chi connectivity index (χ3v) is 7.16. The van der Waals surface area contributed by atoms with Crippen molar-refractivity contribution in [3.8, 4) is 5.75 Å². The molecule has 2 aromatic carbocycles. The summed E-state index contributed by atoms with van der Waals surface area (Å²) in [5, 5.41) is 2.83. The van der Waals surface area contributed by atoms with Crippen molar-refractivity contribution >= 4 is 29.1 Å². The second kappa shape index (κ2) is 6.97. The molecule has 2 aliphatic rings. The molecule has 1 N–H and O–H groups in total. The van der Waals surface area contributed by atoms with Crippen molar-refractivity contribution in [3.05, 3.63) is 54.1 Å². The maximum atomic E-state index is 13.3. The highest BCUT2D eigenvalue weighted by Gasteiger charge is 2.64. The van der Waals surface area contributed by atoms with Crippen LogP contribution in [-0.4, -0.2) is 24.8 Å². The van der Waals surface area contributed by atoms with Crippen LogP contribution < -0.4 is 15.0 Å². The van der Waals surface area contributed by atoms with Crippen molar-refractivity contribution in [1.82, 2.24) is 0 Å². The van der Waals surface area contributed by atoms with Gasteiger partial charge in [0.15, 0.2) is 0 Å². The molecule has 2 fully saturated rings. The summed E-state index contributed by atoms with van der Waals surface area (Å²) in [5.41, 5.74) is 0.699. The van der Waals surface area contributed by atoms with Crippen LogP contribution in [0, 0.1) is 16.7 Å². The highest BCUT2D eigenvalue weighted by atomic mass is 16.5. The number of imide groups is 1. The van der Waals surface area contributed by atoms with Crippen LogP contribution in [-0.2, 0) is 9.59 Å². The van der Waals surface area contributed by atoms with E-state index in [-0.39, 0.29) is 29.1 Å². The standard InChI is InChI=1S/C24H26N2O4/c1-23(2)19-13-14-24(23,3)22(29)26(21(19)28)17-9-5-15(6-10-17)20(27)25-16-7-11-18(30-4)12-8-16/h5-12,19H,13-14H2,1-4H3,(H,25,27)/t19-,24-/m1/s1. The summed E-state index contributed by atoms with van der Waals surface area (Å²) in [4.78, 5) is 40.2. The Morgan fingerprint density at radius 3 is 2.27 bits per heavy atom. The van der Waals surface area contributed by atoms with Gasteiger partial charge in [0, 0.05) is 17.2 Å². The zero-order valence-electron chi connectivity index (χ0n) is 17.7. The number of carbonyl (C=O) groups is 3. The van der Waals surface area contributed by atoms with E-state index in [1.165, 1.54) is 4.90 Å². The van der Waals surface area contributed by atoms with Crippen LogP contribution in [0.3, 0.4) is 0 Å². The molecule has 4 rings (SSSR count). The third-order valence-electron chi connectivity index (χ3n) is 7.16. The van der Waals surface area contributed by atoms with Gasteiger partial charge in [0.25, 0.3) is 5.91 Å². The molecule has 1 aliphatic carbocycles. The minimum atomic E-state index is -0.560. The van der Waals surface area contributed by atoms with Gasteiger partial charge in [0.2, 0.25) is 11.8 Å². The van der Waals surface area contributed by atoms with E-state index < -0.39 is 5.41 Å². The Morgan fingerprint density at radius 1 is 1.03 bits per heavy atom. The van der Waals surface area contributed by atoms with Crippen molar-refractivity contribution in [2.24, 2.45) is 16.7 Å². The number of rotatable bonds is 4. The average Bonchev–Trinajstić information content (AvgIpc) is 2.92. The fourth-order valence-corrected chi connectivity index (χ4v) is 4.70. The van der Waals surface area contributed by atoms with E-state index in [0.29, 0.717) is 29.1 Å². The Bertz CT molecular complexity index is 1010. The molecule has 0 aromatic heterocycles. The molecule has 0 spiro atoms. The predicted molar refractivity (Wildman–Crippen MR) is 114 cm³/mol. The Labute approximate surface area is 176 Å². The fraction of sp³-hybridized carbons (Fsp3) is 0.375. The topological polar surface area (TPSA) is 75.7 Å². The second-order valence-corrected chi connectivity index (χ2v) is 8.85. The van der Waals surface area contributed by atoms with E-state index in [4.69, 9.17) is 4.74 Å². The minimum Gasteiger partial charge on any atom is -0.497 e. The first-order valence-electron chi connectivity index (χ1n) is 10.1. The Hall–Kier alpha value is -3.15. The molecule has 1 heterocycles. The molecule has 6 nitrogen and oxygen atoms in total. The minimum absolute atomic E-state index is 0.143. The number of ether oxygens (including phenoxy) is 1. The smallest absolute Gasteiger partial charge is 0.255 e. The fourth-order valence-electron chi connectivity index (χ4n) is 4.70. The molecule has 2 bridgehead atoms. The lowest BCUT2D eigenvalue weighted by Gasteiger charge is -2.47. The monoisotopic (exact) mass is 406 g/mol. The van der Waals surface area contributed by atoms with Gasteiger partial charge in [0.1, 0.15) is 5.75 Å². The van der Waals surface area contributed by atoms with Crippen LogP contribution >= 0.6 is 0 Å². The Morgan fingerprint density at radius 2 is 1.67 bits per heavy atom. The number of hydrogen-bond acceptors (Lipinski definition) is 4. The molecule has 1 saturated carbocycles. The molecular formula is C24H26N2O4. The zero-order chi connectivity index (χ0) is 21.7. The number of benzene rings is 2. The molecule has 0 radical (unpaired) electrons. The number of amides is 3. The van der Waals surface area contributed by atoms with Crippen molar-refractivity contribution in [2.45, 2.75) is 33.6 Å². The van der Waals surface area contributed by atoms with Gasteiger partial charge < -0.3 is 10.1 Å². The highest BCUT2D eigenvalue weighted by Crippen LogP contribution is 2.60. The van der Waals surface area contributed by atoms with Gasteiger partial charge in [-0.05, 0) is 66.8 Å². The maximum absolute atomic E-state index is 13.3. The SMILES string of the molecule is COc1ccc(NC(=O)c2ccc(N3C(=O)[C@H]4CC[C@](C)(C3=O)C4(C)C)cc2)cc1. The van der Waals surface area contributed by atoms with Crippen LogP contribution in [0.15, 0.2) is 48.5 Å². The molecule has 2 aromatic rings. The summed E-state index contributed by atoms with van der Waals surface area (Å²) < 4.78 is 5.11. The van der Waals surface area contributed by atoms with Gasteiger partial charge in [-0.3, -0.25) is 14.4 Å². The summed E-state index contributed by atoms with van der Waals surface area (Å²) in [6.07, 6.45) is 1.45. The van der Waals surface area contributed by atoms with Gasteiger partial charge in [-0.25, -0.2) is 4.90 Å². The van der Waals surface area contributed by atoms with Crippen LogP contribution in [0.2, 0.25) is 0 Å². The largest absolute Gasteiger partial charge is 0.497 e. The molecule has 6 heteroatoms. The van der Waals surface area contributed by atoms with E-state index in [2.05, 4.69) is 5.32 Å². The van der Waals surface area contributed by atoms with Gasteiger partial charge in [-0.2, -0.15) is 0 Å². The summed E-state index contributed by atoms with van der Waals surface area (Å²) in [6, 6.07) is 13.7. The average molecular weight is 406 g/mol. The summed E-state index contributed by atoms with van der Waals surface area (Å²) >= 11 is 0. The molecule has 1 aliphatic heterocycles. The van der Waals surface area contributed by atoms with Gasteiger partial charge in [0.05, 0.1) is 18.2 Å². The lowest BCUT2D eigenvalue weighted by atomic mass is 9.62. The molecule has 0 unspecified atom stereocenters. The van der Waals surface area contributed by atoms with Crippen LogP contribution in [0.25, 0.3) is 0 Å². The third kappa shape index (κ3) is 2.90. The molecule has 30 heavy (non-hydrogen) atoms. The maximum Gasteiger partial charge on any atom is 0.255 e. The molecule has 1 saturated heterocycles. The van der Waals surface area contributed by atoms with E-state index in [1.54, 1.807) is 55.6 Å². The van der Waals surface area contributed by atoms with Crippen molar-refractivity contribution in [2.75, 3.05) is 17.3 Å². The number of piperidine rings is 1. The van der Waals surface area contributed by atoms with Crippen LogP contribution in [0.1, 0.15) is 44.0 Å². The first kappa shape index (κ1) is 20.1. The quantitative estimate of drug-likeness (QED) is 0.770. The van der Waals surface area contributed by atoms with Gasteiger partial charge in [-0.1, -0.05) is 20.8 Å². The highest BCUT2D eigenvalue weighted by molar-refractivity contribution is 6.20. The van der Waals surface area contributed by atoms with E-state index in [1.807, 2.05) is 20.8 Å². The normalized spacial score (nSPS) is 24.7. The van der Waals surface area contributed by atoms with Gasteiger partial charge in [-0.15, -0.1) is 0 Å². The summed E-state index contributed by atoms with van der Waals surface area (Å²) in [7, 11) is 1.58. The van der Waals surface area contributed by atoms with E-state index >= 15 is 0 Å². The number of nitrogens with zero attached hydrogens (tertiary/aromatic N) is 1. The molecule has 2 atom stereocenters. The van der Waals surface area contributed by atoms with Crippen molar-refractivity contribution in [3.63, 3.8) is 0 Å².